The summed E-state index contributed by atoms with van der Waals surface area (Å²) in [5.74, 6) is 1.49. The number of carbonyl (C=O) groups excluding carboxylic acids is 1. The van der Waals surface area contributed by atoms with Crippen LogP contribution < -0.4 is 10.2 Å². The van der Waals surface area contributed by atoms with Gasteiger partial charge in [0.2, 0.25) is 0 Å². The molecule has 2 fully saturated rings. The summed E-state index contributed by atoms with van der Waals surface area (Å²) < 4.78 is 0. The van der Waals surface area contributed by atoms with Crippen LogP contribution in [-0.2, 0) is 0 Å². The van der Waals surface area contributed by atoms with Crippen molar-refractivity contribution < 1.29 is 9.69 Å². The minimum absolute atomic E-state index is 0.0517. The van der Waals surface area contributed by atoms with Crippen molar-refractivity contribution in [3.63, 3.8) is 0 Å². The highest BCUT2D eigenvalue weighted by atomic mass is 16.2. The molecule has 2 N–H and O–H groups in total. The van der Waals surface area contributed by atoms with E-state index >= 15 is 0 Å². The fourth-order valence-corrected chi connectivity index (χ4v) is 5.63. The second kappa shape index (κ2) is 8.51. The van der Waals surface area contributed by atoms with Crippen LogP contribution in [0.15, 0.2) is 35.9 Å². The first-order valence-corrected chi connectivity index (χ1v) is 11.6. The van der Waals surface area contributed by atoms with Crippen molar-refractivity contribution in [3.8, 4) is 0 Å². The number of aryl methyl sites for hydroxylation is 1. The van der Waals surface area contributed by atoms with Crippen molar-refractivity contribution in [1.82, 2.24) is 4.90 Å². The third-order valence-corrected chi connectivity index (χ3v) is 7.93. The van der Waals surface area contributed by atoms with Gasteiger partial charge in [0.15, 0.2) is 0 Å². The van der Waals surface area contributed by atoms with Crippen LogP contribution in [0.3, 0.4) is 0 Å². The van der Waals surface area contributed by atoms with E-state index in [1.54, 1.807) is 4.90 Å². The number of amides is 2. The zero-order valence-electron chi connectivity index (χ0n) is 18.5. The van der Waals surface area contributed by atoms with Gasteiger partial charge in [-0.15, -0.1) is 0 Å². The van der Waals surface area contributed by atoms with E-state index in [4.69, 9.17) is 0 Å². The Balaban J connectivity index is 1.45. The van der Waals surface area contributed by atoms with Gasteiger partial charge in [-0.2, -0.15) is 0 Å². The topological polar surface area (TPSA) is 36.8 Å². The summed E-state index contributed by atoms with van der Waals surface area (Å²) in [5, 5.41) is 3.19. The molecule has 1 aromatic carbocycles. The Kier molecular flexibility index (Phi) is 6.00. The number of piperidine rings is 1. The molecule has 1 saturated carbocycles. The lowest BCUT2D eigenvalue weighted by Crippen LogP contribution is -3.13. The smallest absolute Gasteiger partial charge is 0.322 e. The van der Waals surface area contributed by atoms with E-state index in [0.717, 1.165) is 36.8 Å². The summed E-state index contributed by atoms with van der Waals surface area (Å²) in [5.41, 5.74) is 3.93. The maximum absolute atomic E-state index is 13.3. The highest BCUT2D eigenvalue weighted by molar-refractivity contribution is 5.90. The molecule has 4 nitrogen and oxygen atoms in total. The summed E-state index contributed by atoms with van der Waals surface area (Å²) >= 11 is 0. The number of allylic oxidation sites excluding steroid dienone is 1. The minimum atomic E-state index is 0.0517. The van der Waals surface area contributed by atoms with Gasteiger partial charge in [0.05, 0.1) is 26.2 Å². The molecule has 29 heavy (non-hydrogen) atoms. The van der Waals surface area contributed by atoms with Crippen molar-refractivity contribution in [2.45, 2.75) is 52.9 Å². The molecule has 2 atom stereocenters. The molecule has 0 aromatic heterocycles. The molecule has 3 aliphatic carbocycles. The molecular formula is C25H38N3O+. The molecule has 4 aliphatic rings. The van der Waals surface area contributed by atoms with Crippen LogP contribution in [0.5, 0.6) is 0 Å². The standard InChI is InChI=1S/C25H37N3O/c1-19-9-5-6-10-23(19)26-24(29)28(16-15-27-13-7-4-8-14-27)18-20-11-12-21-17-22(20)25(21,2)3/h5-6,9-11,21-22H,4,7-8,12-18H2,1-3H3,(H,26,29)/p+1/t21-,22-/m1/s1. The molecule has 2 bridgehead atoms. The lowest BCUT2D eigenvalue weighted by molar-refractivity contribution is -0.904. The molecular weight excluding hydrogens is 358 g/mol. The van der Waals surface area contributed by atoms with Crippen molar-refractivity contribution in [1.29, 1.82) is 0 Å². The van der Waals surface area contributed by atoms with Crippen LogP contribution >= 0.6 is 0 Å². The van der Waals surface area contributed by atoms with E-state index in [2.05, 4.69) is 43.1 Å². The number of nitrogens with zero attached hydrogens (tertiary/aromatic N) is 1. The fourth-order valence-electron chi connectivity index (χ4n) is 5.63. The molecule has 0 unspecified atom stereocenters. The van der Waals surface area contributed by atoms with E-state index in [9.17, 15) is 4.79 Å². The average molecular weight is 397 g/mol. The van der Waals surface area contributed by atoms with E-state index in [0.29, 0.717) is 11.3 Å². The predicted octanol–water partition coefficient (Wildman–Crippen LogP) is 3.89. The summed E-state index contributed by atoms with van der Waals surface area (Å²) in [7, 11) is 0. The molecule has 1 heterocycles. The van der Waals surface area contributed by atoms with E-state index in [-0.39, 0.29) is 6.03 Å². The van der Waals surface area contributed by atoms with Crippen molar-refractivity contribution in [3.05, 3.63) is 41.5 Å². The molecule has 0 spiro atoms. The van der Waals surface area contributed by atoms with E-state index < -0.39 is 0 Å². The number of para-hydroxylation sites is 1. The first kappa shape index (κ1) is 20.5. The number of urea groups is 1. The fraction of sp³-hybridized carbons (Fsp3) is 0.640. The van der Waals surface area contributed by atoms with Gasteiger partial charge in [0.25, 0.3) is 0 Å². The first-order valence-electron chi connectivity index (χ1n) is 11.6. The largest absolute Gasteiger partial charge is 0.333 e. The number of nitrogens with one attached hydrogen (secondary N) is 2. The van der Waals surface area contributed by atoms with Gasteiger partial charge in [-0.25, -0.2) is 4.79 Å². The number of benzene rings is 1. The van der Waals surface area contributed by atoms with Crippen molar-refractivity contribution in [2.24, 2.45) is 17.3 Å². The zero-order chi connectivity index (χ0) is 20.4. The van der Waals surface area contributed by atoms with Crippen LogP contribution in [0, 0.1) is 24.2 Å². The third kappa shape index (κ3) is 4.37. The number of hydrogen-bond acceptors (Lipinski definition) is 1. The van der Waals surface area contributed by atoms with Crippen LogP contribution in [0.25, 0.3) is 0 Å². The molecule has 2 amide bonds. The quantitative estimate of drug-likeness (QED) is 0.703. The molecule has 1 aliphatic heterocycles. The van der Waals surface area contributed by atoms with Crippen molar-refractivity contribution in [2.75, 3.05) is 38.0 Å². The Hall–Kier alpha value is -1.81. The molecule has 1 aromatic rings. The Morgan fingerprint density at radius 1 is 1.21 bits per heavy atom. The summed E-state index contributed by atoms with van der Waals surface area (Å²) in [4.78, 5) is 17.0. The number of quaternary nitrogens is 1. The van der Waals surface area contributed by atoms with Crippen LogP contribution in [0.1, 0.15) is 51.5 Å². The first-order chi connectivity index (χ1) is 13.9. The van der Waals surface area contributed by atoms with Gasteiger partial charge < -0.3 is 15.1 Å². The predicted molar refractivity (Wildman–Crippen MR) is 119 cm³/mol. The number of likely N-dealkylation sites (tertiary alicyclic amines) is 1. The van der Waals surface area contributed by atoms with Crippen LogP contribution in [-0.4, -0.2) is 43.7 Å². The number of fused-ring (bicyclic) bond motifs is 1. The summed E-state index contributed by atoms with van der Waals surface area (Å²) in [6, 6.07) is 8.12. The highest BCUT2D eigenvalue weighted by Gasteiger charge is 2.51. The highest BCUT2D eigenvalue weighted by Crippen LogP contribution is 2.59. The number of carbonyl (C=O) groups is 1. The van der Waals surface area contributed by atoms with Gasteiger partial charge in [-0.05, 0) is 67.9 Å². The van der Waals surface area contributed by atoms with E-state index in [1.807, 2.05) is 18.2 Å². The normalized spacial score (nSPS) is 25.7. The van der Waals surface area contributed by atoms with Gasteiger partial charge in [0.1, 0.15) is 0 Å². The molecule has 1 saturated heterocycles. The number of rotatable bonds is 6. The molecule has 158 valence electrons. The Morgan fingerprint density at radius 3 is 2.66 bits per heavy atom. The Morgan fingerprint density at radius 2 is 1.97 bits per heavy atom. The lowest BCUT2D eigenvalue weighted by atomic mass is 9.49. The van der Waals surface area contributed by atoms with Gasteiger partial charge in [0, 0.05) is 12.2 Å². The molecule has 0 radical (unpaired) electrons. The molecule has 4 heteroatoms. The average Bonchev–Trinajstić information content (AvgIpc) is 2.73. The SMILES string of the molecule is Cc1ccccc1NC(=O)N(CC[NH+]1CCCCC1)CC1=CC[C@@H]2C[C@H]1C2(C)C. The van der Waals surface area contributed by atoms with Crippen LogP contribution in [0.2, 0.25) is 0 Å². The maximum Gasteiger partial charge on any atom is 0.322 e. The lowest BCUT2D eigenvalue weighted by Gasteiger charge is -2.57. The third-order valence-electron chi connectivity index (χ3n) is 7.93. The van der Waals surface area contributed by atoms with Gasteiger partial charge in [-0.1, -0.05) is 43.7 Å². The zero-order valence-corrected chi connectivity index (χ0v) is 18.5. The second-order valence-corrected chi connectivity index (χ2v) is 10.0. The van der Waals surface area contributed by atoms with Gasteiger partial charge >= 0.3 is 6.03 Å². The number of anilines is 1. The summed E-state index contributed by atoms with van der Waals surface area (Å²) in [6.07, 6.45) is 8.95. The molecule has 5 rings (SSSR count). The number of hydrogen-bond donors (Lipinski definition) is 2. The van der Waals surface area contributed by atoms with Crippen molar-refractivity contribution >= 4 is 11.7 Å². The Labute approximate surface area is 176 Å². The monoisotopic (exact) mass is 396 g/mol. The van der Waals surface area contributed by atoms with Gasteiger partial charge in [-0.3, -0.25) is 0 Å². The van der Waals surface area contributed by atoms with E-state index in [1.165, 1.54) is 50.8 Å². The Bertz CT molecular complexity index is 763. The summed E-state index contributed by atoms with van der Waals surface area (Å²) in [6.45, 7) is 12.1. The van der Waals surface area contributed by atoms with Crippen LogP contribution in [0.4, 0.5) is 10.5 Å². The second-order valence-electron chi connectivity index (χ2n) is 10.0. The minimum Gasteiger partial charge on any atom is -0.333 e. The maximum atomic E-state index is 13.3.